The molecule has 41 heavy (non-hydrogen) atoms. The van der Waals surface area contributed by atoms with Crippen LogP contribution in [0.5, 0.6) is 5.75 Å². The number of hydrogen-bond acceptors (Lipinski definition) is 5. The number of carbonyl (C=O) groups is 2. The fourth-order valence-electron chi connectivity index (χ4n) is 5.26. The molecule has 3 aromatic rings. The summed E-state index contributed by atoms with van der Waals surface area (Å²) in [6.07, 6.45) is 2.83. The molecule has 0 bridgehead atoms. The van der Waals surface area contributed by atoms with Gasteiger partial charge < -0.3 is 30.9 Å². The van der Waals surface area contributed by atoms with E-state index in [9.17, 15) is 19.5 Å². The summed E-state index contributed by atoms with van der Waals surface area (Å²) in [5, 5.41) is 17.0. The molecular formula is C32H41N5O4. The molecule has 1 aliphatic rings. The van der Waals surface area contributed by atoms with Crippen LogP contribution in [0.15, 0.2) is 47.4 Å². The van der Waals surface area contributed by atoms with Crippen LogP contribution in [-0.4, -0.2) is 40.2 Å². The van der Waals surface area contributed by atoms with E-state index in [-0.39, 0.29) is 22.8 Å². The number of carbonyl (C=O) groups excluding carboxylic acids is 2. The SMILES string of the molecule is Cc1ccc(-c2cc(NC(=O)NC(C)(C)CCN)c(=O)n(C)c2)c(O)c1N1CCc2cc(C(C)(C)C)ccc2C1=O. The number of pyridine rings is 1. The molecule has 0 unspecified atom stereocenters. The van der Waals surface area contributed by atoms with E-state index in [2.05, 4.69) is 37.5 Å². The minimum absolute atomic E-state index is 0.0246. The minimum Gasteiger partial charge on any atom is -0.505 e. The normalized spacial score (nSPS) is 13.7. The molecule has 9 heteroatoms. The first-order valence-electron chi connectivity index (χ1n) is 13.9. The maximum absolute atomic E-state index is 13.7. The molecule has 2 heterocycles. The number of phenolic OH excluding ortho intramolecular Hbond substituents is 1. The van der Waals surface area contributed by atoms with Crippen molar-refractivity contribution in [2.45, 2.75) is 65.3 Å². The van der Waals surface area contributed by atoms with Crippen LogP contribution in [0.4, 0.5) is 16.2 Å². The molecule has 1 aliphatic heterocycles. The summed E-state index contributed by atoms with van der Waals surface area (Å²) in [6, 6.07) is 10.6. The molecule has 0 atom stereocenters. The fourth-order valence-corrected chi connectivity index (χ4v) is 5.26. The van der Waals surface area contributed by atoms with E-state index >= 15 is 0 Å². The summed E-state index contributed by atoms with van der Waals surface area (Å²) in [5.41, 5.74) is 9.67. The number of benzene rings is 2. The molecule has 0 saturated carbocycles. The summed E-state index contributed by atoms with van der Waals surface area (Å²) >= 11 is 0. The lowest BCUT2D eigenvalue weighted by Gasteiger charge is -2.32. The number of phenols is 1. The Labute approximate surface area is 241 Å². The summed E-state index contributed by atoms with van der Waals surface area (Å²) in [7, 11) is 1.58. The lowest BCUT2D eigenvalue weighted by molar-refractivity contribution is 0.0979. The second-order valence-electron chi connectivity index (χ2n) is 12.5. The van der Waals surface area contributed by atoms with Crippen molar-refractivity contribution in [1.82, 2.24) is 9.88 Å². The molecule has 0 radical (unpaired) electrons. The van der Waals surface area contributed by atoms with Gasteiger partial charge in [-0.1, -0.05) is 45.0 Å². The van der Waals surface area contributed by atoms with E-state index in [1.807, 2.05) is 39.0 Å². The van der Waals surface area contributed by atoms with Crippen molar-refractivity contribution in [3.63, 3.8) is 0 Å². The molecule has 0 saturated heterocycles. The summed E-state index contributed by atoms with van der Waals surface area (Å²) in [6.45, 7) is 12.8. The monoisotopic (exact) mass is 559 g/mol. The van der Waals surface area contributed by atoms with Crippen molar-refractivity contribution in [3.05, 3.63) is 75.2 Å². The van der Waals surface area contributed by atoms with Crippen molar-refractivity contribution in [3.8, 4) is 16.9 Å². The van der Waals surface area contributed by atoms with Gasteiger partial charge in [0.1, 0.15) is 11.4 Å². The molecule has 0 fully saturated rings. The Morgan fingerprint density at radius 2 is 1.73 bits per heavy atom. The topological polar surface area (TPSA) is 130 Å². The fraction of sp³-hybridized carbons (Fsp3) is 0.406. The number of rotatable bonds is 6. The van der Waals surface area contributed by atoms with Gasteiger partial charge in [-0.2, -0.15) is 0 Å². The lowest BCUT2D eigenvalue weighted by atomic mass is 9.84. The molecule has 0 spiro atoms. The number of urea groups is 1. The third kappa shape index (κ3) is 6.15. The Morgan fingerprint density at radius 1 is 1.05 bits per heavy atom. The van der Waals surface area contributed by atoms with E-state index in [4.69, 9.17) is 5.73 Å². The van der Waals surface area contributed by atoms with Crippen molar-refractivity contribution in [2.75, 3.05) is 23.3 Å². The average molecular weight is 560 g/mol. The number of amides is 3. The maximum Gasteiger partial charge on any atom is 0.319 e. The van der Waals surface area contributed by atoms with E-state index in [1.165, 1.54) is 16.2 Å². The highest BCUT2D eigenvalue weighted by molar-refractivity contribution is 6.10. The minimum atomic E-state index is -0.556. The molecule has 4 rings (SSSR count). The van der Waals surface area contributed by atoms with Crippen molar-refractivity contribution < 1.29 is 14.7 Å². The summed E-state index contributed by atoms with van der Waals surface area (Å²) in [4.78, 5) is 40.9. The highest BCUT2D eigenvalue weighted by Crippen LogP contribution is 2.42. The number of nitrogens with one attached hydrogen (secondary N) is 2. The standard InChI is InChI=1S/C32H41N5O4/c1-19-8-10-23(21-17-25(29(40)36(7)18-21)34-30(41)35-32(5,6)13-14-33)27(38)26(19)37-15-12-20-16-22(31(2,3)4)9-11-24(20)28(37)39/h8-11,16-18,38H,12-15,33H2,1-7H3,(H2,34,35,41). The largest absolute Gasteiger partial charge is 0.505 e. The Morgan fingerprint density at radius 3 is 2.39 bits per heavy atom. The van der Waals surface area contributed by atoms with Crippen LogP contribution in [-0.2, 0) is 18.9 Å². The molecule has 1 aromatic heterocycles. The quantitative estimate of drug-likeness (QED) is 0.344. The smallest absolute Gasteiger partial charge is 0.319 e. The van der Waals surface area contributed by atoms with Gasteiger partial charge in [0.2, 0.25) is 0 Å². The molecule has 218 valence electrons. The van der Waals surface area contributed by atoms with E-state index in [0.29, 0.717) is 48.3 Å². The zero-order valence-electron chi connectivity index (χ0n) is 25.0. The molecule has 3 amide bonds. The summed E-state index contributed by atoms with van der Waals surface area (Å²) in [5.74, 6) is -0.229. The van der Waals surface area contributed by atoms with Crippen LogP contribution in [0.2, 0.25) is 0 Å². The molecule has 0 aliphatic carbocycles. The van der Waals surface area contributed by atoms with Gasteiger partial charge in [0.05, 0.1) is 5.69 Å². The van der Waals surface area contributed by atoms with Crippen molar-refractivity contribution >= 4 is 23.3 Å². The highest BCUT2D eigenvalue weighted by atomic mass is 16.3. The van der Waals surface area contributed by atoms with Crippen LogP contribution >= 0.6 is 0 Å². The molecule has 9 nitrogen and oxygen atoms in total. The van der Waals surface area contributed by atoms with Gasteiger partial charge in [0.15, 0.2) is 0 Å². The average Bonchev–Trinajstić information content (AvgIpc) is 2.87. The predicted octanol–water partition coefficient (Wildman–Crippen LogP) is 4.82. The number of nitrogens with two attached hydrogens (primary N) is 1. The third-order valence-corrected chi connectivity index (χ3v) is 7.64. The van der Waals surface area contributed by atoms with E-state index in [1.54, 1.807) is 24.2 Å². The Bertz CT molecular complexity index is 1570. The van der Waals surface area contributed by atoms with Crippen molar-refractivity contribution in [2.24, 2.45) is 12.8 Å². The van der Waals surface area contributed by atoms with Crippen LogP contribution in [0.3, 0.4) is 0 Å². The van der Waals surface area contributed by atoms with Crippen LogP contribution in [0.1, 0.15) is 68.1 Å². The Hall–Kier alpha value is -4.11. The van der Waals surface area contributed by atoms with Gasteiger partial charge in [-0.15, -0.1) is 0 Å². The first kappa shape index (κ1) is 29.9. The van der Waals surface area contributed by atoms with Gasteiger partial charge in [-0.25, -0.2) is 4.79 Å². The first-order valence-corrected chi connectivity index (χ1v) is 13.9. The van der Waals surface area contributed by atoms with Gasteiger partial charge in [0.25, 0.3) is 11.5 Å². The first-order chi connectivity index (χ1) is 19.1. The second kappa shape index (κ2) is 11.0. The zero-order valence-corrected chi connectivity index (χ0v) is 25.0. The van der Waals surface area contributed by atoms with Gasteiger partial charge in [-0.3, -0.25) is 9.59 Å². The lowest BCUT2D eigenvalue weighted by Crippen LogP contribution is -2.47. The van der Waals surface area contributed by atoms with Gasteiger partial charge >= 0.3 is 6.03 Å². The van der Waals surface area contributed by atoms with Crippen LogP contribution in [0, 0.1) is 6.92 Å². The number of aromatic nitrogens is 1. The Balaban J connectivity index is 1.70. The molecule has 5 N–H and O–H groups in total. The number of nitrogens with zero attached hydrogens (tertiary/aromatic N) is 2. The number of aromatic hydroxyl groups is 1. The highest BCUT2D eigenvalue weighted by Gasteiger charge is 2.30. The zero-order chi connectivity index (χ0) is 30.3. The van der Waals surface area contributed by atoms with Crippen LogP contribution in [0.25, 0.3) is 11.1 Å². The maximum atomic E-state index is 13.7. The van der Waals surface area contributed by atoms with E-state index in [0.717, 1.165) is 11.1 Å². The molecule has 2 aromatic carbocycles. The molecular weight excluding hydrogens is 518 g/mol. The third-order valence-electron chi connectivity index (χ3n) is 7.64. The number of fused-ring (bicyclic) bond motifs is 1. The second-order valence-corrected chi connectivity index (χ2v) is 12.5. The number of anilines is 2. The van der Waals surface area contributed by atoms with Gasteiger partial charge in [0, 0.05) is 42.0 Å². The Kier molecular flexibility index (Phi) is 8.05. The predicted molar refractivity (Wildman–Crippen MR) is 164 cm³/mol. The summed E-state index contributed by atoms with van der Waals surface area (Å²) < 4.78 is 1.35. The van der Waals surface area contributed by atoms with Crippen molar-refractivity contribution in [1.29, 1.82) is 0 Å². The number of hydrogen-bond donors (Lipinski definition) is 4. The number of aryl methyl sites for hydroxylation is 2. The van der Waals surface area contributed by atoms with Crippen LogP contribution < -0.4 is 26.8 Å². The van der Waals surface area contributed by atoms with E-state index < -0.39 is 17.1 Å². The van der Waals surface area contributed by atoms with Gasteiger partial charge in [-0.05, 0) is 74.4 Å².